The maximum atomic E-state index is 12.1. The van der Waals surface area contributed by atoms with Gasteiger partial charge < -0.3 is 25.5 Å². The number of ether oxygens (including phenoxy) is 1. The topological polar surface area (TPSA) is 121 Å². The summed E-state index contributed by atoms with van der Waals surface area (Å²) in [6.07, 6.45) is 0.198. The standard InChI is InChI=1S/C16H17N3O5/c20-13(19-16(15(22)23)5-6-24-9-16)8-17-14(21)12-7-10-3-1-2-4-11(10)18-12/h1-4,7,18H,5-6,8-9H2,(H,17,21)(H,19,20)(H,22,23). The number of fused-ring (bicyclic) bond motifs is 1. The molecular weight excluding hydrogens is 314 g/mol. The molecule has 2 aromatic rings. The van der Waals surface area contributed by atoms with Crippen LogP contribution in [-0.4, -0.2) is 53.2 Å². The van der Waals surface area contributed by atoms with Crippen molar-refractivity contribution in [2.75, 3.05) is 19.8 Å². The van der Waals surface area contributed by atoms with Gasteiger partial charge in [-0.25, -0.2) is 4.79 Å². The fraction of sp³-hybridized carbons (Fsp3) is 0.312. The van der Waals surface area contributed by atoms with Crippen LogP contribution in [0.1, 0.15) is 16.9 Å². The van der Waals surface area contributed by atoms with Crippen LogP contribution >= 0.6 is 0 Å². The minimum atomic E-state index is -1.41. The van der Waals surface area contributed by atoms with E-state index >= 15 is 0 Å². The van der Waals surface area contributed by atoms with Gasteiger partial charge >= 0.3 is 5.97 Å². The van der Waals surface area contributed by atoms with E-state index in [1.165, 1.54) is 0 Å². The average Bonchev–Trinajstić information content (AvgIpc) is 3.19. The van der Waals surface area contributed by atoms with Gasteiger partial charge in [0, 0.05) is 23.9 Å². The van der Waals surface area contributed by atoms with Gasteiger partial charge in [-0.15, -0.1) is 0 Å². The van der Waals surface area contributed by atoms with E-state index in [0.717, 1.165) is 10.9 Å². The second-order valence-corrected chi connectivity index (χ2v) is 5.69. The molecule has 1 saturated heterocycles. The van der Waals surface area contributed by atoms with Crippen LogP contribution in [0.3, 0.4) is 0 Å². The summed E-state index contributed by atoms with van der Waals surface area (Å²) in [5.74, 6) is -2.16. The number of hydrogen-bond acceptors (Lipinski definition) is 4. The van der Waals surface area contributed by atoms with E-state index in [4.69, 9.17) is 4.74 Å². The molecule has 1 aliphatic heterocycles. The molecule has 0 saturated carbocycles. The smallest absolute Gasteiger partial charge is 0.331 e. The SMILES string of the molecule is O=C(CNC(=O)c1cc2ccccc2[nH]1)NC1(C(=O)O)CCOC1. The third kappa shape index (κ3) is 3.09. The van der Waals surface area contributed by atoms with E-state index in [0.29, 0.717) is 5.69 Å². The predicted molar refractivity (Wildman–Crippen MR) is 84.6 cm³/mol. The van der Waals surface area contributed by atoms with Crippen molar-refractivity contribution >= 4 is 28.7 Å². The number of aromatic amines is 1. The maximum absolute atomic E-state index is 12.1. The van der Waals surface area contributed by atoms with Gasteiger partial charge in [0.2, 0.25) is 5.91 Å². The molecule has 2 heterocycles. The molecule has 8 nitrogen and oxygen atoms in total. The highest BCUT2D eigenvalue weighted by Gasteiger charge is 2.43. The summed E-state index contributed by atoms with van der Waals surface area (Å²) in [6.45, 7) is -0.124. The molecule has 0 bridgehead atoms. The monoisotopic (exact) mass is 331 g/mol. The molecule has 1 unspecified atom stereocenters. The number of carboxylic acid groups (broad SMARTS) is 1. The lowest BCUT2D eigenvalue weighted by atomic mass is 9.99. The summed E-state index contributed by atoms with van der Waals surface area (Å²) in [6, 6.07) is 9.11. The summed E-state index contributed by atoms with van der Waals surface area (Å²) in [7, 11) is 0. The van der Waals surface area contributed by atoms with Crippen molar-refractivity contribution in [2.45, 2.75) is 12.0 Å². The van der Waals surface area contributed by atoms with E-state index < -0.39 is 23.3 Å². The first-order valence-electron chi connectivity index (χ1n) is 7.48. The Hall–Kier alpha value is -2.87. The molecule has 1 aromatic heterocycles. The lowest BCUT2D eigenvalue weighted by Gasteiger charge is -2.23. The highest BCUT2D eigenvalue weighted by atomic mass is 16.5. The van der Waals surface area contributed by atoms with Crippen molar-refractivity contribution in [3.63, 3.8) is 0 Å². The number of amides is 2. The maximum Gasteiger partial charge on any atom is 0.331 e. The second kappa shape index (κ2) is 6.32. The Morgan fingerprint density at radius 1 is 1.29 bits per heavy atom. The number of carbonyl (C=O) groups is 3. The Morgan fingerprint density at radius 2 is 2.08 bits per heavy atom. The zero-order valence-electron chi connectivity index (χ0n) is 12.8. The van der Waals surface area contributed by atoms with Crippen LogP contribution in [0.2, 0.25) is 0 Å². The lowest BCUT2D eigenvalue weighted by Crippen LogP contribution is -2.57. The first kappa shape index (κ1) is 16.0. The minimum absolute atomic E-state index is 0.0793. The molecule has 1 fully saturated rings. The molecule has 0 radical (unpaired) electrons. The molecule has 0 spiro atoms. The third-order valence-corrected chi connectivity index (χ3v) is 3.99. The van der Waals surface area contributed by atoms with Gasteiger partial charge in [0.1, 0.15) is 5.69 Å². The number of aliphatic carboxylic acids is 1. The van der Waals surface area contributed by atoms with Crippen LogP contribution in [0.25, 0.3) is 10.9 Å². The fourth-order valence-electron chi connectivity index (χ4n) is 2.65. The molecular formula is C16H17N3O5. The minimum Gasteiger partial charge on any atom is -0.479 e. The van der Waals surface area contributed by atoms with Gasteiger partial charge in [-0.3, -0.25) is 9.59 Å². The average molecular weight is 331 g/mol. The highest BCUT2D eigenvalue weighted by Crippen LogP contribution is 2.18. The molecule has 4 N–H and O–H groups in total. The number of nitrogens with one attached hydrogen (secondary N) is 3. The van der Waals surface area contributed by atoms with Crippen LogP contribution < -0.4 is 10.6 Å². The molecule has 0 aliphatic carbocycles. The largest absolute Gasteiger partial charge is 0.479 e. The Labute approximate surface area is 137 Å². The number of H-pyrrole nitrogens is 1. The number of carboxylic acids is 1. The van der Waals surface area contributed by atoms with Gasteiger partial charge in [-0.2, -0.15) is 0 Å². The summed E-state index contributed by atoms with van der Waals surface area (Å²) < 4.78 is 5.06. The number of para-hydroxylation sites is 1. The molecule has 126 valence electrons. The summed E-state index contributed by atoms with van der Waals surface area (Å²) in [4.78, 5) is 38.4. The fourth-order valence-corrected chi connectivity index (χ4v) is 2.65. The van der Waals surface area contributed by atoms with E-state index in [1.54, 1.807) is 6.07 Å². The molecule has 1 aliphatic rings. The first-order chi connectivity index (χ1) is 11.5. The van der Waals surface area contributed by atoms with Crippen LogP contribution in [0.4, 0.5) is 0 Å². The van der Waals surface area contributed by atoms with E-state index in [2.05, 4.69) is 15.6 Å². The second-order valence-electron chi connectivity index (χ2n) is 5.69. The van der Waals surface area contributed by atoms with Gasteiger partial charge in [0.05, 0.1) is 13.2 Å². The predicted octanol–water partition coefficient (Wildman–Crippen LogP) is 0.258. The van der Waals surface area contributed by atoms with E-state index in [-0.39, 0.29) is 26.2 Å². The zero-order valence-corrected chi connectivity index (χ0v) is 12.8. The number of aromatic nitrogens is 1. The quantitative estimate of drug-likeness (QED) is 0.626. The summed E-state index contributed by atoms with van der Waals surface area (Å²) in [5.41, 5.74) is -0.260. The van der Waals surface area contributed by atoms with Crippen LogP contribution in [0.5, 0.6) is 0 Å². The van der Waals surface area contributed by atoms with E-state index in [9.17, 15) is 19.5 Å². The molecule has 1 atom stereocenters. The highest BCUT2D eigenvalue weighted by molar-refractivity contribution is 5.99. The third-order valence-electron chi connectivity index (χ3n) is 3.99. The molecule has 3 rings (SSSR count). The number of hydrogen-bond donors (Lipinski definition) is 4. The number of benzene rings is 1. The molecule has 2 amide bonds. The number of rotatable bonds is 5. The Bertz CT molecular complexity index is 759. The van der Waals surface area contributed by atoms with Gasteiger partial charge in [-0.1, -0.05) is 18.2 Å². The molecule has 8 heteroatoms. The van der Waals surface area contributed by atoms with Gasteiger partial charge in [-0.05, 0) is 12.1 Å². The van der Waals surface area contributed by atoms with Gasteiger partial charge in [0.15, 0.2) is 5.54 Å². The Balaban J connectivity index is 1.59. The lowest BCUT2D eigenvalue weighted by molar-refractivity contribution is -0.147. The van der Waals surface area contributed by atoms with Crippen molar-refractivity contribution in [3.8, 4) is 0 Å². The Kier molecular flexibility index (Phi) is 4.22. The zero-order chi connectivity index (χ0) is 17.2. The molecule has 24 heavy (non-hydrogen) atoms. The van der Waals surface area contributed by atoms with Crippen molar-refractivity contribution in [3.05, 3.63) is 36.0 Å². The van der Waals surface area contributed by atoms with Crippen molar-refractivity contribution in [2.24, 2.45) is 0 Å². The van der Waals surface area contributed by atoms with Crippen molar-refractivity contribution < 1.29 is 24.2 Å². The first-order valence-corrected chi connectivity index (χ1v) is 7.48. The van der Waals surface area contributed by atoms with Crippen molar-refractivity contribution in [1.29, 1.82) is 0 Å². The normalized spacial score (nSPS) is 20.0. The number of carbonyl (C=O) groups excluding carboxylic acids is 2. The summed E-state index contributed by atoms with van der Waals surface area (Å²) in [5, 5.41) is 15.1. The Morgan fingerprint density at radius 3 is 2.75 bits per heavy atom. The van der Waals surface area contributed by atoms with Crippen LogP contribution in [-0.2, 0) is 14.3 Å². The van der Waals surface area contributed by atoms with Crippen LogP contribution in [0.15, 0.2) is 30.3 Å². The molecule has 1 aromatic carbocycles. The van der Waals surface area contributed by atoms with Crippen molar-refractivity contribution in [1.82, 2.24) is 15.6 Å². The van der Waals surface area contributed by atoms with E-state index in [1.807, 2.05) is 24.3 Å². The van der Waals surface area contributed by atoms with Gasteiger partial charge in [0.25, 0.3) is 5.91 Å². The summed E-state index contributed by atoms with van der Waals surface area (Å²) >= 11 is 0. The van der Waals surface area contributed by atoms with Crippen LogP contribution in [0, 0.1) is 0 Å².